The molecule has 0 saturated heterocycles. The molecule has 5 N–H and O–H groups in total. The van der Waals surface area contributed by atoms with E-state index in [1.54, 1.807) is 18.2 Å². The zero-order valence-corrected chi connectivity index (χ0v) is 10.9. The average molecular weight is 288 g/mol. The number of carboxylic acid groups (broad SMARTS) is 1. The van der Waals surface area contributed by atoms with Crippen LogP contribution in [0.5, 0.6) is 0 Å². The summed E-state index contributed by atoms with van der Waals surface area (Å²) in [5.74, 6) is 3.89. The molecule has 0 bridgehead atoms. The number of halogens is 1. The fourth-order valence-electron chi connectivity index (χ4n) is 1.76. The Balaban J connectivity index is 2.60. The van der Waals surface area contributed by atoms with Gasteiger partial charge in [0.15, 0.2) is 0 Å². The number of benzene rings is 1. The topological polar surface area (TPSA) is 105 Å². The van der Waals surface area contributed by atoms with Crippen LogP contribution in [0.2, 0.25) is 0 Å². The van der Waals surface area contributed by atoms with E-state index < -0.39 is 17.5 Å². The van der Waals surface area contributed by atoms with E-state index in [1.807, 2.05) is 0 Å². The van der Waals surface area contributed by atoms with Crippen molar-refractivity contribution in [1.82, 2.24) is 4.98 Å². The Morgan fingerprint density at radius 3 is 2.43 bits per heavy atom. The van der Waals surface area contributed by atoms with Gasteiger partial charge in [-0.3, -0.25) is 9.99 Å². The number of aromatic nitrogens is 1. The van der Waals surface area contributed by atoms with Crippen molar-refractivity contribution in [2.45, 2.75) is 0 Å². The monoisotopic (exact) mass is 288 g/mol. The minimum absolute atomic E-state index is 0.0117. The molecule has 0 amide bonds. The highest BCUT2D eigenvalue weighted by Crippen LogP contribution is 2.25. The molecule has 1 aromatic heterocycles. The van der Waals surface area contributed by atoms with Crippen LogP contribution in [-0.4, -0.2) is 16.1 Å². The number of para-hydroxylation sites is 1. The zero-order valence-electron chi connectivity index (χ0n) is 10.9. The highest BCUT2D eigenvalue weighted by atomic mass is 19.1. The number of rotatable bonds is 4. The standard InChI is InChI=1S/C14H13FN4O2/c15-9-5-1-2-7-11(9)19(17)13(12(16)14(20)21)10-6-3-4-8-18-10/h1-8H,16-17H2,(H,20,21)/b13-12-. The summed E-state index contributed by atoms with van der Waals surface area (Å²) in [6, 6.07) is 10.5. The number of hydrogen-bond donors (Lipinski definition) is 3. The van der Waals surface area contributed by atoms with Crippen LogP contribution in [0.15, 0.2) is 54.4 Å². The van der Waals surface area contributed by atoms with Crippen molar-refractivity contribution in [3.63, 3.8) is 0 Å². The van der Waals surface area contributed by atoms with Gasteiger partial charge in [0.25, 0.3) is 0 Å². The third-order valence-corrected chi connectivity index (χ3v) is 2.75. The molecule has 0 aliphatic rings. The van der Waals surface area contributed by atoms with Crippen molar-refractivity contribution < 1.29 is 14.3 Å². The van der Waals surface area contributed by atoms with Gasteiger partial charge in [-0.25, -0.2) is 15.0 Å². The maximum Gasteiger partial charge on any atom is 0.354 e. The van der Waals surface area contributed by atoms with Gasteiger partial charge < -0.3 is 10.8 Å². The smallest absolute Gasteiger partial charge is 0.354 e. The second kappa shape index (κ2) is 6.02. The van der Waals surface area contributed by atoms with Gasteiger partial charge in [-0.15, -0.1) is 0 Å². The van der Waals surface area contributed by atoms with Crippen molar-refractivity contribution in [2.24, 2.45) is 11.6 Å². The van der Waals surface area contributed by atoms with Crippen molar-refractivity contribution in [3.8, 4) is 0 Å². The Morgan fingerprint density at radius 2 is 1.86 bits per heavy atom. The minimum Gasteiger partial charge on any atom is -0.477 e. The molecule has 0 unspecified atom stereocenters. The number of nitrogens with zero attached hydrogens (tertiary/aromatic N) is 2. The van der Waals surface area contributed by atoms with Gasteiger partial charge in [-0.1, -0.05) is 18.2 Å². The van der Waals surface area contributed by atoms with E-state index in [0.717, 1.165) is 5.01 Å². The third kappa shape index (κ3) is 2.98. The second-order valence-corrected chi connectivity index (χ2v) is 4.10. The Labute approximate surface area is 120 Å². The normalized spacial score (nSPS) is 11.7. The number of hydrazine groups is 1. The lowest BCUT2D eigenvalue weighted by atomic mass is 10.2. The van der Waals surface area contributed by atoms with Gasteiger partial charge >= 0.3 is 5.97 Å². The summed E-state index contributed by atoms with van der Waals surface area (Å²) in [6.07, 6.45) is 1.46. The molecule has 0 aliphatic carbocycles. The second-order valence-electron chi connectivity index (χ2n) is 4.10. The molecule has 7 heteroatoms. The largest absolute Gasteiger partial charge is 0.477 e. The molecule has 2 rings (SSSR count). The Bertz CT molecular complexity index is 688. The Hall–Kier alpha value is -2.93. The molecule has 21 heavy (non-hydrogen) atoms. The number of hydrogen-bond acceptors (Lipinski definition) is 5. The first-order valence-corrected chi connectivity index (χ1v) is 5.96. The predicted molar refractivity (Wildman–Crippen MR) is 76.0 cm³/mol. The van der Waals surface area contributed by atoms with Gasteiger partial charge in [0.2, 0.25) is 0 Å². The summed E-state index contributed by atoms with van der Waals surface area (Å²) in [4.78, 5) is 15.2. The molecule has 1 heterocycles. The van der Waals surface area contributed by atoms with Crippen LogP contribution >= 0.6 is 0 Å². The average Bonchev–Trinajstić information content (AvgIpc) is 2.48. The molecule has 0 radical (unpaired) electrons. The van der Waals surface area contributed by atoms with E-state index in [4.69, 9.17) is 16.7 Å². The number of nitrogens with two attached hydrogens (primary N) is 2. The molecular formula is C14H13FN4O2. The van der Waals surface area contributed by atoms with Gasteiger partial charge in [0.05, 0.1) is 11.4 Å². The number of pyridine rings is 1. The lowest BCUT2D eigenvalue weighted by Crippen LogP contribution is -2.34. The summed E-state index contributed by atoms with van der Waals surface area (Å²) in [5, 5.41) is 9.97. The van der Waals surface area contributed by atoms with Crippen molar-refractivity contribution >= 4 is 17.4 Å². The van der Waals surface area contributed by atoms with Crippen LogP contribution in [0.4, 0.5) is 10.1 Å². The predicted octanol–water partition coefficient (Wildman–Crippen LogP) is 1.31. The molecule has 0 fully saturated rings. The molecular weight excluding hydrogens is 275 g/mol. The van der Waals surface area contributed by atoms with E-state index in [-0.39, 0.29) is 17.1 Å². The Kier molecular flexibility index (Phi) is 4.15. The van der Waals surface area contributed by atoms with Crippen LogP contribution in [-0.2, 0) is 4.79 Å². The van der Waals surface area contributed by atoms with Crippen LogP contribution in [0.25, 0.3) is 5.70 Å². The SMILES string of the molecule is N/C(C(=O)O)=C(/c1ccccn1)N(N)c1ccccc1F. The van der Waals surface area contributed by atoms with Gasteiger partial charge in [0, 0.05) is 6.20 Å². The third-order valence-electron chi connectivity index (χ3n) is 2.75. The molecule has 1 aromatic carbocycles. The Morgan fingerprint density at radius 1 is 1.19 bits per heavy atom. The summed E-state index contributed by atoms with van der Waals surface area (Å²) in [5.41, 5.74) is 5.17. The highest BCUT2D eigenvalue weighted by Gasteiger charge is 2.21. The maximum absolute atomic E-state index is 13.8. The number of anilines is 1. The number of carbonyl (C=O) groups is 1. The first-order chi connectivity index (χ1) is 10.0. The van der Waals surface area contributed by atoms with Gasteiger partial charge in [0.1, 0.15) is 17.2 Å². The van der Waals surface area contributed by atoms with E-state index in [0.29, 0.717) is 0 Å². The molecule has 0 saturated carbocycles. The van der Waals surface area contributed by atoms with Crippen LogP contribution in [0.1, 0.15) is 5.69 Å². The maximum atomic E-state index is 13.8. The lowest BCUT2D eigenvalue weighted by molar-refractivity contribution is -0.132. The number of aliphatic carboxylic acids is 1. The molecule has 6 nitrogen and oxygen atoms in total. The van der Waals surface area contributed by atoms with Gasteiger partial charge in [-0.05, 0) is 24.3 Å². The van der Waals surface area contributed by atoms with E-state index in [2.05, 4.69) is 4.98 Å². The molecule has 0 atom stereocenters. The first kappa shape index (κ1) is 14.5. The van der Waals surface area contributed by atoms with Crippen LogP contribution in [0, 0.1) is 5.82 Å². The summed E-state index contributed by atoms with van der Waals surface area (Å²) in [7, 11) is 0. The van der Waals surface area contributed by atoms with E-state index in [1.165, 1.54) is 30.5 Å². The number of carboxylic acids is 1. The molecule has 108 valence electrons. The summed E-state index contributed by atoms with van der Waals surface area (Å²) < 4.78 is 13.8. The highest BCUT2D eigenvalue weighted by molar-refractivity contribution is 5.98. The lowest BCUT2D eigenvalue weighted by Gasteiger charge is -2.23. The van der Waals surface area contributed by atoms with Crippen molar-refractivity contribution in [3.05, 3.63) is 65.9 Å². The van der Waals surface area contributed by atoms with Crippen molar-refractivity contribution in [2.75, 3.05) is 5.01 Å². The quantitative estimate of drug-likeness (QED) is 0.445. The fourth-order valence-corrected chi connectivity index (χ4v) is 1.76. The fraction of sp³-hybridized carbons (Fsp3) is 0. The van der Waals surface area contributed by atoms with Crippen LogP contribution < -0.4 is 16.6 Å². The van der Waals surface area contributed by atoms with E-state index in [9.17, 15) is 9.18 Å². The molecule has 0 aliphatic heterocycles. The zero-order chi connectivity index (χ0) is 15.4. The van der Waals surface area contributed by atoms with Gasteiger partial charge in [-0.2, -0.15) is 0 Å². The molecule has 0 spiro atoms. The first-order valence-electron chi connectivity index (χ1n) is 5.96. The van der Waals surface area contributed by atoms with Crippen LogP contribution in [0.3, 0.4) is 0 Å². The van der Waals surface area contributed by atoms with Crippen molar-refractivity contribution in [1.29, 1.82) is 0 Å². The summed E-state index contributed by atoms with van der Waals surface area (Å²) >= 11 is 0. The summed E-state index contributed by atoms with van der Waals surface area (Å²) in [6.45, 7) is 0. The molecule has 2 aromatic rings. The van der Waals surface area contributed by atoms with E-state index >= 15 is 0 Å². The minimum atomic E-state index is -1.37.